The maximum atomic E-state index is 12.4. The van der Waals surface area contributed by atoms with Crippen molar-refractivity contribution < 1.29 is 27.8 Å². The second kappa shape index (κ2) is 5.39. The minimum atomic E-state index is -4.60. The first-order chi connectivity index (χ1) is 9.79. The monoisotopic (exact) mass is 298 g/mol. The first-order valence-electron chi connectivity index (χ1n) is 5.70. The SMILES string of the molecule is Cc1cccc(C(=O)O)c1Oc1ccc(C(F)(F)F)nn1. The van der Waals surface area contributed by atoms with E-state index in [1.54, 1.807) is 13.0 Å². The van der Waals surface area contributed by atoms with Crippen LogP contribution in [0, 0.1) is 6.92 Å². The van der Waals surface area contributed by atoms with Crippen molar-refractivity contribution in [2.24, 2.45) is 0 Å². The van der Waals surface area contributed by atoms with E-state index in [2.05, 4.69) is 10.2 Å². The van der Waals surface area contributed by atoms with E-state index in [4.69, 9.17) is 9.84 Å². The van der Waals surface area contributed by atoms with Crippen LogP contribution in [0.15, 0.2) is 30.3 Å². The van der Waals surface area contributed by atoms with E-state index in [1.807, 2.05) is 0 Å². The number of carboxylic acid groups (broad SMARTS) is 1. The largest absolute Gasteiger partial charge is 0.478 e. The zero-order valence-electron chi connectivity index (χ0n) is 10.7. The highest BCUT2D eigenvalue weighted by atomic mass is 19.4. The van der Waals surface area contributed by atoms with E-state index in [9.17, 15) is 18.0 Å². The summed E-state index contributed by atoms with van der Waals surface area (Å²) in [5.41, 5.74) is -0.758. The minimum absolute atomic E-state index is 0.0130. The molecule has 0 bridgehead atoms. The van der Waals surface area contributed by atoms with E-state index >= 15 is 0 Å². The molecule has 2 rings (SSSR count). The Morgan fingerprint density at radius 3 is 2.43 bits per heavy atom. The lowest BCUT2D eigenvalue weighted by Gasteiger charge is -2.11. The van der Waals surface area contributed by atoms with Crippen molar-refractivity contribution >= 4 is 5.97 Å². The molecular formula is C13H9F3N2O3. The van der Waals surface area contributed by atoms with E-state index in [0.717, 1.165) is 6.07 Å². The van der Waals surface area contributed by atoms with Crippen LogP contribution in [-0.2, 0) is 6.18 Å². The van der Waals surface area contributed by atoms with Gasteiger partial charge in [0, 0.05) is 6.07 Å². The highest BCUT2D eigenvalue weighted by molar-refractivity contribution is 5.91. The number of para-hydroxylation sites is 1. The summed E-state index contributed by atoms with van der Waals surface area (Å²) in [6, 6.07) is 6.15. The number of carbonyl (C=O) groups is 1. The Hall–Kier alpha value is -2.64. The Morgan fingerprint density at radius 1 is 1.19 bits per heavy atom. The molecular weight excluding hydrogens is 289 g/mol. The normalized spacial score (nSPS) is 11.2. The molecule has 0 unspecified atom stereocenters. The topological polar surface area (TPSA) is 72.3 Å². The highest BCUT2D eigenvalue weighted by Crippen LogP contribution is 2.30. The van der Waals surface area contributed by atoms with Crippen LogP contribution in [-0.4, -0.2) is 21.3 Å². The first-order valence-corrected chi connectivity index (χ1v) is 5.70. The molecule has 1 N–H and O–H groups in total. The molecule has 0 aliphatic carbocycles. The van der Waals surface area contributed by atoms with Crippen molar-refractivity contribution in [3.63, 3.8) is 0 Å². The second-order valence-electron chi connectivity index (χ2n) is 4.11. The molecule has 0 atom stereocenters. The first kappa shape index (κ1) is 14.8. The van der Waals surface area contributed by atoms with Gasteiger partial charge in [0.2, 0.25) is 5.88 Å². The third-order valence-electron chi connectivity index (χ3n) is 2.58. The summed E-state index contributed by atoms with van der Waals surface area (Å²) in [5, 5.41) is 15.4. The minimum Gasteiger partial charge on any atom is -0.478 e. The summed E-state index contributed by atoms with van der Waals surface area (Å²) in [7, 11) is 0. The number of aryl methyl sites for hydroxylation is 1. The number of ether oxygens (including phenoxy) is 1. The van der Waals surface area contributed by atoms with Crippen LogP contribution in [0.4, 0.5) is 13.2 Å². The Balaban J connectivity index is 2.33. The number of aromatic nitrogens is 2. The van der Waals surface area contributed by atoms with Gasteiger partial charge in [0.15, 0.2) is 5.69 Å². The molecule has 0 saturated heterocycles. The lowest BCUT2D eigenvalue weighted by atomic mass is 10.1. The fourth-order valence-electron chi connectivity index (χ4n) is 1.59. The number of aromatic carboxylic acids is 1. The van der Waals surface area contributed by atoms with Crippen LogP contribution in [0.3, 0.4) is 0 Å². The lowest BCUT2D eigenvalue weighted by Crippen LogP contribution is -2.09. The molecule has 110 valence electrons. The van der Waals surface area contributed by atoms with Gasteiger partial charge >= 0.3 is 12.1 Å². The molecule has 0 aliphatic heterocycles. The average Bonchev–Trinajstić information content (AvgIpc) is 2.40. The molecule has 0 radical (unpaired) electrons. The van der Waals surface area contributed by atoms with Crippen molar-refractivity contribution in [3.05, 3.63) is 47.2 Å². The lowest BCUT2D eigenvalue weighted by molar-refractivity contribution is -0.141. The summed E-state index contributed by atoms with van der Waals surface area (Å²) < 4.78 is 42.3. The van der Waals surface area contributed by atoms with Crippen molar-refractivity contribution in [2.45, 2.75) is 13.1 Å². The Kier molecular flexibility index (Phi) is 3.79. The van der Waals surface area contributed by atoms with Crippen molar-refractivity contribution in [1.82, 2.24) is 10.2 Å². The summed E-state index contributed by atoms with van der Waals surface area (Å²) in [6.07, 6.45) is -4.60. The Labute approximate surface area is 117 Å². The quantitative estimate of drug-likeness (QED) is 0.941. The van der Waals surface area contributed by atoms with Crippen LogP contribution in [0.2, 0.25) is 0 Å². The van der Waals surface area contributed by atoms with Gasteiger partial charge in [-0.15, -0.1) is 10.2 Å². The van der Waals surface area contributed by atoms with Crippen LogP contribution < -0.4 is 4.74 Å². The number of carboxylic acids is 1. The fraction of sp³-hybridized carbons (Fsp3) is 0.154. The van der Waals surface area contributed by atoms with Crippen LogP contribution in [0.25, 0.3) is 0 Å². The van der Waals surface area contributed by atoms with Gasteiger partial charge in [-0.1, -0.05) is 12.1 Å². The van der Waals surface area contributed by atoms with Gasteiger partial charge in [-0.3, -0.25) is 0 Å². The number of benzene rings is 1. The van der Waals surface area contributed by atoms with E-state index in [1.165, 1.54) is 12.1 Å². The van der Waals surface area contributed by atoms with Gasteiger partial charge in [0.25, 0.3) is 0 Å². The van der Waals surface area contributed by atoms with Crippen molar-refractivity contribution in [1.29, 1.82) is 0 Å². The molecule has 1 heterocycles. The van der Waals surface area contributed by atoms with E-state index in [-0.39, 0.29) is 17.2 Å². The molecule has 0 saturated carbocycles. The van der Waals surface area contributed by atoms with Gasteiger partial charge in [0.05, 0.1) is 0 Å². The van der Waals surface area contributed by atoms with Crippen molar-refractivity contribution in [2.75, 3.05) is 0 Å². The molecule has 5 nitrogen and oxygen atoms in total. The Bertz CT molecular complexity index is 669. The van der Waals surface area contributed by atoms with Gasteiger partial charge in [-0.25, -0.2) is 4.79 Å². The van der Waals surface area contributed by atoms with Gasteiger partial charge < -0.3 is 9.84 Å². The summed E-state index contributed by atoms with van der Waals surface area (Å²) >= 11 is 0. The number of halogens is 3. The molecule has 1 aromatic carbocycles. The molecule has 2 aromatic rings. The predicted molar refractivity (Wildman–Crippen MR) is 65.2 cm³/mol. The third-order valence-corrected chi connectivity index (χ3v) is 2.58. The number of nitrogens with zero attached hydrogens (tertiary/aromatic N) is 2. The molecule has 0 spiro atoms. The van der Waals surface area contributed by atoms with Crippen LogP contribution >= 0.6 is 0 Å². The van der Waals surface area contributed by atoms with Gasteiger partial charge in [-0.2, -0.15) is 13.2 Å². The standard InChI is InChI=1S/C13H9F3N2O3/c1-7-3-2-4-8(12(19)20)11(7)21-10-6-5-9(17-18-10)13(14,15)16/h2-6H,1H3,(H,19,20). The third kappa shape index (κ3) is 3.28. The zero-order valence-corrected chi connectivity index (χ0v) is 10.7. The molecule has 0 amide bonds. The fourth-order valence-corrected chi connectivity index (χ4v) is 1.59. The maximum Gasteiger partial charge on any atom is 0.435 e. The van der Waals surface area contributed by atoms with Crippen molar-refractivity contribution in [3.8, 4) is 11.6 Å². The number of hydrogen-bond acceptors (Lipinski definition) is 4. The summed E-state index contributed by atoms with van der Waals surface area (Å²) in [5.74, 6) is -1.42. The summed E-state index contributed by atoms with van der Waals surface area (Å²) in [4.78, 5) is 11.1. The predicted octanol–water partition coefficient (Wildman–Crippen LogP) is 3.29. The maximum absolute atomic E-state index is 12.4. The molecule has 8 heteroatoms. The molecule has 1 aromatic heterocycles. The smallest absolute Gasteiger partial charge is 0.435 e. The number of alkyl halides is 3. The van der Waals surface area contributed by atoms with Gasteiger partial charge in [-0.05, 0) is 24.6 Å². The summed E-state index contributed by atoms with van der Waals surface area (Å²) in [6.45, 7) is 1.61. The number of rotatable bonds is 3. The second-order valence-corrected chi connectivity index (χ2v) is 4.11. The van der Waals surface area contributed by atoms with Crippen LogP contribution in [0.1, 0.15) is 21.6 Å². The van der Waals surface area contributed by atoms with Crippen LogP contribution in [0.5, 0.6) is 11.6 Å². The molecule has 0 aliphatic rings. The highest BCUT2D eigenvalue weighted by Gasteiger charge is 2.33. The number of hydrogen-bond donors (Lipinski definition) is 1. The molecule has 21 heavy (non-hydrogen) atoms. The molecule has 0 fully saturated rings. The Morgan fingerprint density at radius 2 is 1.90 bits per heavy atom. The van der Waals surface area contributed by atoms with E-state index < -0.39 is 17.8 Å². The average molecular weight is 298 g/mol. The van der Waals surface area contributed by atoms with Gasteiger partial charge in [0.1, 0.15) is 11.3 Å². The zero-order chi connectivity index (χ0) is 15.6. The van der Waals surface area contributed by atoms with E-state index in [0.29, 0.717) is 11.6 Å².